The van der Waals surface area contributed by atoms with E-state index < -0.39 is 11.7 Å². The lowest BCUT2D eigenvalue weighted by Crippen LogP contribution is -2.27. The molecule has 0 aliphatic heterocycles. The molecule has 3 fully saturated rings. The van der Waals surface area contributed by atoms with E-state index in [1.807, 2.05) is 106 Å². The summed E-state index contributed by atoms with van der Waals surface area (Å²) >= 11 is 17.8. The molecule has 0 spiro atoms. The second-order valence-corrected chi connectivity index (χ2v) is 25.6. The third-order valence-corrected chi connectivity index (χ3v) is 15.1. The molecule has 3 aliphatic carbocycles. The maximum absolute atomic E-state index is 11.9. The van der Waals surface area contributed by atoms with Gasteiger partial charge in [-0.1, -0.05) is 32.7 Å². The summed E-state index contributed by atoms with van der Waals surface area (Å²) in [7, 11) is 10.0. The topological polar surface area (TPSA) is 324 Å². The number of carbonyl (C=O) groups is 4. The van der Waals surface area contributed by atoms with Crippen LogP contribution in [0.15, 0.2) is 151 Å². The summed E-state index contributed by atoms with van der Waals surface area (Å²) in [6, 6.07) is 26.4. The van der Waals surface area contributed by atoms with Crippen LogP contribution in [-0.2, 0) is 19.1 Å². The Kier molecular flexibility index (Phi) is 28.8. The molecule has 5 radical (unpaired) electrons. The van der Waals surface area contributed by atoms with Gasteiger partial charge >= 0.3 is 6.09 Å². The van der Waals surface area contributed by atoms with Crippen LogP contribution >= 0.6 is 116 Å². The van der Waals surface area contributed by atoms with E-state index in [9.17, 15) is 19.2 Å². The minimum atomic E-state index is -0.531. The fraction of sp³-hybridized carbons (Fsp3) is 0.246. The maximum Gasteiger partial charge on any atom is 0.413 e. The van der Waals surface area contributed by atoms with E-state index in [0.29, 0.717) is 39.3 Å². The number of aromatic nitrogens is 18. The van der Waals surface area contributed by atoms with Gasteiger partial charge in [0.25, 0.3) is 0 Å². The largest absolute Gasteiger partial charge is 0.444 e. The Morgan fingerprint density at radius 3 is 1.52 bits per heavy atom. The fourth-order valence-corrected chi connectivity index (χ4v) is 9.84. The van der Waals surface area contributed by atoms with Crippen molar-refractivity contribution in [2.24, 2.45) is 17.8 Å². The molecule has 0 atom stereocenters. The number of hydrogen-bond donors (Lipinski definition) is 5. The highest BCUT2D eigenvalue weighted by Gasteiger charge is 2.31. The summed E-state index contributed by atoms with van der Waals surface area (Å²) in [5, 5.41) is 41.7. The number of H-pyrrole nitrogens is 1. The molecular formula is C57H59B3Cl2I3N22O5S2. The molecule has 15 rings (SSSR count). The minimum absolute atomic E-state index is 0. The van der Waals surface area contributed by atoms with Gasteiger partial charge in [-0.3, -0.25) is 33.6 Å². The highest BCUT2D eigenvalue weighted by atomic mass is 127. The van der Waals surface area contributed by atoms with Gasteiger partial charge in [0, 0.05) is 52.7 Å². The summed E-state index contributed by atoms with van der Waals surface area (Å²) < 4.78 is 18.8. The van der Waals surface area contributed by atoms with E-state index >= 15 is 0 Å². The lowest BCUT2D eigenvalue weighted by molar-refractivity contribution is -0.118. The molecule has 27 nitrogen and oxygen atoms in total. The second kappa shape index (κ2) is 35.8. The van der Waals surface area contributed by atoms with Crippen molar-refractivity contribution in [3.05, 3.63) is 157 Å². The molecule has 0 bridgehead atoms. The standard InChI is InChI=1S/C16H13N7OS.C11H13IN4O2.C10H9IN4O.C6H5IN4.C6H5N3S.C4H5ClO.C3H4.CH4.B3.ClH/c24-15(10-4-5-10)18-11-9-23-12(17-11)6-7-14(21-23)25-16-20-19-13-3-1-2-8-22(13)16;1-11(2,3)18-10(17)14-8-6-16-9(13-8)5-4-7(12)15-16;11-7-3-4-9-12-8(5-15(9)14-7)13-10(16)6-1-2-6;7-4-1-2-6-9-5(8)3-11(6)10-4;10-6-8-7-5-3-1-2-4-9(5)6;5-4(6)3-1-2-3;1-3-2;;1-3-2;/h1-3,6-10H,4-5H2,(H,18,24);4-6H,1-3H3,(H,14,17);3-6H,1-2H2,(H,13,16);1-3H,8H2;1-4H,(H,8,10);3H,1-2H2;1-2H2;1H4;;1H. The molecular weight excluding hydrogens is 1620 g/mol. The van der Waals surface area contributed by atoms with E-state index in [-0.39, 0.29) is 54.6 Å². The molecule has 12 aromatic heterocycles. The smallest absolute Gasteiger partial charge is 0.413 e. The molecule has 3 saturated carbocycles. The molecule has 483 valence electrons. The van der Waals surface area contributed by atoms with Crippen LogP contribution in [0.25, 0.3) is 33.9 Å². The molecule has 3 amide bonds. The van der Waals surface area contributed by atoms with Crippen LogP contribution in [0, 0.1) is 33.6 Å². The first kappa shape index (κ1) is 75.5. The number of anilines is 4. The van der Waals surface area contributed by atoms with E-state index in [4.69, 9.17) is 34.3 Å². The Morgan fingerprint density at radius 2 is 1.07 bits per heavy atom. The number of nitrogens with zero attached hydrogens (tertiary/aromatic N) is 17. The second-order valence-electron chi connectivity index (χ2n) is 20.5. The third-order valence-electron chi connectivity index (χ3n) is 11.9. The highest BCUT2D eigenvalue weighted by molar-refractivity contribution is 14.1. The van der Waals surface area contributed by atoms with Crippen molar-refractivity contribution in [3.8, 4) is 0 Å². The van der Waals surface area contributed by atoms with Crippen molar-refractivity contribution in [1.82, 2.24) is 87.6 Å². The number of carbonyl (C=O) groups excluding carboxylic acids is 4. The van der Waals surface area contributed by atoms with Crippen molar-refractivity contribution in [2.75, 3.05) is 21.7 Å². The number of nitrogens with two attached hydrogens (primary N) is 1. The monoisotopic (exact) mass is 1680 g/mol. The van der Waals surface area contributed by atoms with Crippen LogP contribution in [0.5, 0.6) is 0 Å². The molecule has 0 unspecified atom stereocenters. The maximum atomic E-state index is 11.9. The SMILES string of the molecule is C.C=C=C.CC(C)(C)OC(=O)Nc1cn2nc(I)ccc2n1.Cl.Nc1cn2nc(I)ccc2n1.O=C(Cl)C1CC1.O=C(Nc1cn2nc(I)ccc2n1)C1CC1.O=C(Nc1cn2nc(Sc3nnc4ccccn34)ccc2n1)C1CC1.S=c1[nH]nc2ccccn12.[B][B][B]. The van der Waals surface area contributed by atoms with Crippen LogP contribution in [0.4, 0.5) is 28.1 Å². The number of halogens is 5. The van der Waals surface area contributed by atoms with Gasteiger partial charge in [-0.05, 0) is 235 Å². The predicted octanol–water partition coefficient (Wildman–Crippen LogP) is 11.0. The Morgan fingerprint density at radius 1 is 0.649 bits per heavy atom. The van der Waals surface area contributed by atoms with Gasteiger partial charge in [0.2, 0.25) is 22.2 Å². The lowest BCUT2D eigenvalue weighted by Gasteiger charge is -2.18. The van der Waals surface area contributed by atoms with E-state index in [0.717, 1.165) is 89.5 Å². The average molecular weight is 1680 g/mol. The predicted molar refractivity (Wildman–Crippen MR) is 394 cm³/mol. The van der Waals surface area contributed by atoms with Gasteiger partial charge in [0.15, 0.2) is 56.1 Å². The quantitative estimate of drug-likeness (QED) is 0.0310. The zero-order valence-corrected chi connectivity index (χ0v) is 59.3. The Bertz CT molecular complexity index is 4640. The van der Waals surface area contributed by atoms with Crippen molar-refractivity contribution in [2.45, 2.75) is 82.5 Å². The molecule has 3 aliphatic rings. The van der Waals surface area contributed by atoms with E-state index in [1.54, 1.807) is 63.6 Å². The van der Waals surface area contributed by atoms with Gasteiger partial charge in [-0.25, -0.2) is 42.8 Å². The molecule has 6 N–H and O–H groups in total. The lowest BCUT2D eigenvalue weighted by atomic mass is 9.40. The summed E-state index contributed by atoms with van der Waals surface area (Å²) in [4.78, 5) is 61.8. The van der Waals surface area contributed by atoms with Crippen LogP contribution in [0.1, 0.15) is 66.7 Å². The summed E-state index contributed by atoms with van der Waals surface area (Å²) in [6.07, 6.45) is 16.0. The Labute approximate surface area is 603 Å². The Hall–Kier alpha value is -7.55. The van der Waals surface area contributed by atoms with Crippen LogP contribution in [-0.4, -0.2) is 139 Å². The number of nitrogens with one attached hydrogen (secondary N) is 4. The van der Waals surface area contributed by atoms with Crippen LogP contribution < -0.4 is 21.7 Å². The number of rotatable bonds is 8. The summed E-state index contributed by atoms with van der Waals surface area (Å²) in [6.45, 7) is 11.7. The van der Waals surface area contributed by atoms with Crippen molar-refractivity contribution in [1.29, 1.82) is 0 Å². The molecule has 37 heteroatoms. The third kappa shape index (κ3) is 23.4. The molecule has 94 heavy (non-hydrogen) atoms. The fourth-order valence-electron chi connectivity index (χ4n) is 7.40. The van der Waals surface area contributed by atoms with Gasteiger partial charge in [0.1, 0.15) is 27.5 Å². The number of amides is 3. The number of ether oxygens (including phenoxy) is 1. The number of aromatic amines is 1. The van der Waals surface area contributed by atoms with E-state index in [2.05, 4.69) is 179 Å². The van der Waals surface area contributed by atoms with Gasteiger partial charge in [0.05, 0.1) is 24.8 Å². The summed E-state index contributed by atoms with van der Waals surface area (Å²) in [5.41, 5.74) is 11.7. The first-order chi connectivity index (χ1) is 44.1. The molecule has 12 aromatic rings. The van der Waals surface area contributed by atoms with Crippen molar-refractivity contribution in [3.63, 3.8) is 0 Å². The van der Waals surface area contributed by atoms with Crippen LogP contribution in [0.3, 0.4) is 0 Å². The average Bonchev–Trinajstić information content (AvgIpc) is 1.67. The molecule has 0 aromatic carbocycles. The first-order valence-electron chi connectivity index (χ1n) is 27.6. The van der Waals surface area contributed by atoms with E-state index in [1.165, 1.54) is 11.8 Å². The minimum Gasteiger partial charge on any atom is -0.444 e. The molecule has 12 heterocycles. The van der Waals surface area contributed by atoms with Gasteiger partial charge in [-0.2, -0.15) is 25.5 Å². The van der Waals surface area contributed by atoms with Gasteiger partial charge < -0.3 is 21.1 Å². The van der Waals surface area contributed by atoms with Crippen LogP contribution in [0.2, 0.25) is 0 Å². The van der Waals surface area contributed by atoms with Crippen molar-refractivity contribution < 1.29 is 23.9 Å². The van der Waals surface area contributed by atoms with Gasteiger partial charge in [-0.15, -0.1) is 28.3 Å². The number of nitrogen functional groups attached to an aromatic ring is 1. The zero-order chi connectivity index (χ0) is 66.1. The Balaban J connectivity index is 0.000000182. The number of imidazole rings is 4. The summed E-state index contributed by atoms with van der Waals surface area (Å²) in [5.74, 6) is 2.69. The normalized spacial score (nSPS) is 12.5. The first-order valence-corrected chi connectivity index (χ1v) is 32.5. The van der Waals surface area contributed by atoms with Crippen molar-refractivity contribution >= 4 is 219 Å². The number of fused-ring (bicyclic) bond motifs is 6. The number of hydrogen-bond acceptors (Lipinski definition) is 19. The molecule has 0 saturated heterocycles. The number of pyridine rings is 2. The highest BCUT2D eigenvalue weighted by Crippen LogP contribution is 2.32. The zero-order valence-electron chi connectivity index (χ0n) is 49.6.